The number of esters is 1. The third-order valence-corrected chi connectivity index (χ3v) is 7.48. The zero-order chi connectivity index (χ0) is 20.2. The predicted octanol–water partition coefficient (Wildman–Crippen LogP) is 2.55. The van der Waals surface area contributed by atoms with E-state index < -0.39 is 0 Å². The molecule has 0 aromatic rings. The van der Waals surface area contributed by atoms with E-state index in [0.29, 0.717) is 30.7 Å². The molecule has 2 saturated carbocycles. The van der Waals surface area contributed by atoms with E-state index >= 15 is 0 Å². The molecule has 0 amide bonds. The van der Waals surface area contributed by atoms with E-state index in [0.717, 1.165) is 18.9 Å². The minimum Gasteiger partial charge on any atom is -0.463 e. The van der Waals surface area contributed by atoms with Crippen molar-refractivity contribution in [3.63, 3.8) is 0 Å². The van der Waals surface area contributed by atoms with Gasteiger partial charge in [0.1, 0.15) is 0 Å². The number of carbonyl (C=O) groups excluding carboxylic acids is 1. The van der Waals surface area contributed by atoms with E-state index in [2.05, 4.69) is 34.2 Å². The second-order valence-corrected chi connectivity index (χ2v) is 9.34. The summed E-state index contributed by atoms with van der Waals surface area (Å²) in [7, 11) is 2.24. The highest BCUT2D eigenvalue weighted by Gasteiger charge is 2.40. The number of nitrogens with zero attached hydrogens (tertiary/aromatic N) is 4. The minimum atomic E-state index is -0.219. The Hall–Kier alpha value is -1.40. The van der Waals surface area contributed by atoms with Crippen LogP contribution >= 0.6 is 0 Å². The number of piperazine rings is 1. The number of carbonyl (C=O) groups is 1. The van der Waals surface area contributed by atoms with Crippen molar-refractivity contribution in [1.29, 1.82) is 0 Å². The van der Waals surface area contributed by atoms with Crippen molar-refractivity contribution in [3.8, 4) is 0 Å². The first-order valence-electron chi connectivity index (χ1n) is 11.7. The number of allylic oxidation sites excluding steroid dienone is 1. The summed E-state index contributed by atoms with van der Waals surface area (Å²) in [5.41, 5.74) is 0. The van der Waals surface area contributed by atoms with Gasteiger partial charge >= 0.3 is 5.97 Å². The molecule has 0 N–H and O–H groups in total. The van der Waals surface area contributed by atoms with Crippen molar-refractivity contribution in [2.24, 2.45) is 10.9 Å². The third kappa shape index (κ3) is 5.02. The lowest BCUT2D eigenvalue weighted by molar-refractivity contribution is -0.137. The van der Waals surface area contributed by atoms with Crippen molar-refractivity contribution < 1.29 is 9.53 Å². The summed E-state index contributed by atoms with van der Waals surface area (Å²) in [6, 6.07) is 2.36. The molecular weight excluding hydrogens is 364 g/mol. The van der Waals surface area contributed by atoms with Crippen LogP contribution in [0, 0.1) is 5.92 Å². The molecule has 162 valence electrons. The molecule has 5 atom stereocenters. The fraction of sp³-hybridized carbons (Fsp3) is 0.826. The molecule has 0 aromatic heterocycles. The lowest BCUT2D eigenvalue weighted by Gasteiger charge is -2.45. The number of hydrogen-bond donors (Lipinski definition) is 0. The SMILES string of the molecule is CCOC(=O)/C=C/C1CCC2C(C1)N=CN2C1CCCC(N2CCN(C)CC2)C1. The molecule has 2 aliphatic heterocycles. The molecule has 6 nitrogen and oxygen atoms in total. The Balaban J connectivity index is 1.30. The molecule has 2 aliphatic carbocycles. The predicted molar refractivity (Wildman–Crippen MR) is 116 cm³/mol. The summed E-state index contributed by atoms with van der Waals surface area (Å²) in [5.74, 6) is 0.227. The van der Waals surface area contributed by atoms with E-state index in [1.807, 2.05) is 6.92 Å². The van der Waals surface area contributed by atoms with Crippen molar-refractivity contribution in [2.75, 3.05) is 39.8 Å². The molecule has 0 aromatic carbocycles. The van der Waals surface area contributed by atoms with Crippen LogP contribution in [-0.4, -0.2) is 91.0 Å². The largest absolute Gasteiger partial charge is 0.463 e. The number of fused-ring (bicyclic) bond motifs is 1. The third-order valence-electron chi connectivity index (χ3n) is 7.48. The summed E-state index contributed by atoms with van der Waals surface area (Å²) < 4.78 is 5.01. The summed E-state index contributed by atoms with van der Waals surface area (Å²) in [5, 5.41) is 0. The van der Waals surface area contributed by atoms with E-state index in [1.165, 1.54) is 58.3 Å². The van der Waals surface area contributed by atoms with Crippen LogP contribution in [-0.2, 0) is 9.53 Å². The first kappa shape index (κ1) is 20.9. The van der Waals surface area contributed by atoms with Gasteiger partial charge in [0.2, 0.25) is 0 Å². The van der Waals surface area contributed by atoms with Gasteiger partial charge in [0.25, 0.3) is 0 Å². The number of aliphatic imine (C=N–C) groups is 1. The molecule has 6 heteroatoms. The van der Waals surface area contributed by atoms with Crippen LogP contribution in [0.3, 0.4) is 0 Å². The van der Waals surface area contributed by atoms with Crippen molar-refractivity contribution in [2.45, 2.75) is 76.0 Å². The molecule has 1 saturated heterocycles. The lowest BCUT2D eigenvalue weighted by atomic mass is 9.80. The fourth-order valence-electron chi connectivity index (χ4n) is 5.79. The number of ether oxygens (including phenoxy) is 1. The van der Waals surface area contributed by atoms with Crippen molar-refractivity contribution >= 4 is 12.3 Å². The maximum absolute atomic E-state index is 11.6. The van der Waals surface area contributed by atoms with Crippen LogP contribution in [0.15, 0.2) is 17.1 Å². The Morgan fingerprint density at radius 3 is 2.69 bits per heavy atom. The maximum Gasteiger partial charge on any atom is 0.330 e. The molecule has 4 rings (SSSR count). The Bertz CT molecular complexity index is 614. The molecule has 4 aliphatic rings. The van der Waals surface area contributed by atoms with Crippen molar-refractivity contribution in [3.05, 3.63) is 12.2 Å². The van der Waals surface area contributed by atoms with Crippen LogP contribution < -0.4 is 0 Å². The molecular formula is C23H38N4O2. The Morgan fingerprint density at radius 1 is 1.10 bits per heavy atom. The normalized spacial score (nSPS) is 36.5. The van der Waals surface area contributed by atoms with E-state index in [-0.39, 0.29) is 5.97 Å². The molecule has 0 spiro atoms. The lowest BCUT2D eigenvalue weighted by Crippen LogP contribution is -2.54. The molecule has 5 unspecified atom stereocenters. The first-order chi connectivity index (χ1) is 14.1. The standard InChI is InChI=1S/C23H38N4O2/c1-3-29-23(28)10-8-18-7-9-22-21(15-18)24-17-27(22)20-6-4-5-19(16-20)26-13-11-25(2)12-14-26/h8,10,17-22H,3-7,9,11-16H2,1-2H3/b10-8+. The quantitative estimate of drug-likeness (QED) is 0.522. The van der Waals surface area contributed by atoms with Gasteiger partial charge in [-0.15, -0.1) is 0 Å². The van der Waals surface area contributed by atoms with Gasteiger partial charge in [-0.25, -0.2) is 4.79 Å². The van der Waals surface area contributed by atoms with Crippen LogP contribution in [0.1, 0.15) is 51.9 Å². The van der Waals surface area contributed by atoms with E-state index in [1.54, 1.807) is 6.08 Å². The number of hydrogen-bond acceptors (Lipinski definition) is 6. The van der Waals surface area contributed by atoms with E-state index in [9.17, 15) is 4.79 Å². The zero-order valence-electron chi connectivity index (χ0n) is 18.2. The summed E-state index contributed by atoms with van der Waals surface area (Å²) in [6.07, 6.45) is 14.5. The summed E-state index contributed by atoms with van der Waals surface area (Å²) in [4.78, 5) is 24.3. The smallest absolute Gasteiger partial charge is 0.330 e. The fourth-order valence-corrected chi connectivity index (χ4v) is 5.79. The van der Waals surface area contributed by atoms with Crippen LogP contribution in [0.4, 0.5) is 0 Å². The van der Waals surface area contributed by atoms with Gasteiger partial charge in [0.15, 0.2) is 0 Å². The Labute approximate surface area is 176 Å². The van der Waals surface area contributed by atoms with Crippen LogP contribution in [0.25, 0.3) is 0 Å². The Kier molecular flexibility index (Phi) is 6.91. The van der Waals surface area contributed by atoms with Gasteiger partial charge < -0.3 is 14.5 Å². The van der Waals surface area contributed by atoms with Gasteiger partial charge in [-0.3, -0.25) is 9.89 Å². The highest BCUT2D eigenvalue weighted by molar-refractivity contribution is 5.81. The van der Waals surface area contributed by atoms with Crippen LogP contribution in [0.5, 0.6) is 0 Å². The average molecular weight is 403 g/mol. The molecule has 2 heterocycles. The zero-order valence-corrected chi connectivity index (χ0v) is 18.2. The molecule has 29 heavy (non-hydrogen) atoms. The molecule has 3 fully saturated rings. The van der Waals surface area contributed by atoms with Crippen LogP contribution in [0.2, 0.25) is 0 Å². The molecule has 0 bridgehead atoms. The van der Waals surface area contributed by atoms with Gasteiger partial charge in [-0.05, 0) is 64.8 Å². The molecule has 0 radical (unpaired) electrons. The van der Waals surface area contributed by atoms with E-state index in [4.69, 9.17) is 9.73 Å². The van der Waals surface area contributed by atoms with Gasteiger partial charge in [0, 0.05) is 44.3 Å². The Morgan fingerprint density at radius 2 is 1.90 bits per heavy atom. The summed E-state index contributed by atoms with van der Waals surface area (Å²) >= 11 is 0. The summed E-state index contributed by atoms with van der Waals surface area (Å²) in [6.45, 7) is 7.15. The topological polar surface area (TPSA) is 48.4 Å². The first-order valence-corrected chi connectivity index (χ1v) is 11.7. The average Bonchev–Trinajstić information content (AvgIpc) is 3.16. The second-order valence-electron chi connectivity index (χ2n) is 9.34. The maximum atomic E-state index is 11.6. The number of rotatable bonds is 5. The number of likely N-dealkylation sites (N-methyl/N-ethyl adjacent to an activating group) is 1. The van der Waals surface area contributed by atoms with Gasteiger partial charge in [0.05, 0.1) is 25.0 Å². The highest BCUT2D eigenvalue weighted by atomic mass is 16.5. The van der Waals surface area contributed by atoms with Gasteiger partial charge in [-0.1, -0.05) is 6.08 Å². The van der Waals surface area contributed by atoms with Gasteiger partial charge in [-0.2, -0.15) is 0 Å². The van der Waals surface area contributed by atoms with Crippen molar-refractivity contribution in [1.82, 2.24) is 14.7 Å². The second kappa shape index (κ2) is 9.61. The monoisotopic (exact) mass is 402 g/mol. The minimum absolute atomic E-state index is 0.219. The highest BCUT2D eigenvalue weighted by Crippen LogP contribution is 2.37.